The zero-order valence-corrected chi connectivity index (χ0v) is 13.5. The molecule has 0 unspecified atom stereocenters. The molecule has 0 spiro atoms. The van der Waals surface area contributed by atoms with E-state index in [0.717, 1.165) is 14.6 Å². The summed E-state index contributed by atoms with van der Waals surface area (Å²) in [6.45, 7) is 0. The van der Waals surface area contributed by atoms with Gasteiger partial charge in [-0.1, -0.05) is 35.5 Å². The summed E-state index contributed by atoms with van der Waals surface area (Å²) < 4.78 is 15.3. The molecule has 0 aliphatic carbocycles. The Morgan fingerprint density at radius 3 is 2.91 bits per heavy atom. The smallest absolute Gasteiger partial charge is 0.189 e. The number of thiazole rings is 1. The van der Waals surface area contributed by atoms with Crippen molar-refractivity contribution < 1.29 is 9.18 Å². The maximum atomic E-state index is 13.5. The second-order valence-corrected chi connectivity index (χ2v) is 6.98. The lowest BCUT2D eigenvalue weighted by Crippen LogP contribution is -1.97. The van der Waals surface area contributed by atoms with Gasteiger partial charge in [-0.05, 0) is 41.8 Å². The number of carbonyl (C=O) groups excluding carboxylic acids is 1. The first kappa shape index (κ1) is 15.2. The highest BCUT2D eigenvalue weighted by Gasteiger charge is 2.08. The Morgan fingerprint density at radius 2 is 2.09 bits per heavy atom. The Morgan fingerprint density at radius 1 is 1.27 bits per heavy atom. The lowest BCUT2D eigenvalue weighted by Gasteiger charge is -1.96. The molecule has 0 aliphatic rings. The van der Waals surface area contributed by atoms with Crippen LogP contribution in [0, 0.1) is 5.82 Å². The van der Waals surface area contributed by atoms with E-state index < -0.39 is 5.82 Å². The van der Waals surface area contributed by atoms with Gasteiger partial charge in [-0.15, -0.1) is 11.3 Å². The number of thioether (sulfide) groups is 1. The van der Waals surface area contributed by atoms with E-state index in [1.807, 2.05) is 12.1 Å². The maximum Gasteiger partial charge on any atom is 0.189 e. The topological polar surface area (TPSA) is 30.0 Å². The van der Waals surface area contributed by atoms with Crippen LogP contribution >= 0.6 is 34.7 Å². The molecule has 1 aromatic heterocycles. The van der Waals surface area contributed by atoms with Crippen LogP contribution in [-0.4, -0.2) is 10.8 Å². The van der Waals surface area contributed by atoms with Gasteiger partial charge in [0.2, 0.25) is 0 Å². The van der Waals surface area contributed by atoms with Gasteiger partial charge in [-0.2, -0.15) is 0 Å². The van der Waals surface area contributed by atoms with Crippen molar-refractivity contribution in [2.24, 2.45) is 0 Å². The van der Waals surface area contributed by atoms with E-state index in [9.17, 15) is 9.18 Å². The van der Waals surface area contributed by atoms with Crippen LogP contribution in [0.4, 0.5) is 4.39 Å². The third-order valence-electron chi connectivity index (χ3n) is 2.86. The average Bonchev–Trinajstić information content (AvgIpc) is 2.89. The van der Waals surface area contributed by atoms with Crippen LogP contribution < -0.4 is 0 Å². The quantitative estimate of drug-likeness (QED) is 0.350. The van der Waals surface area contributed by atoms with Crippen molar-refractivity contribution in [1.82, 2.24) is 4.98 Å². The van der Waals surface area contributed by atoms with E-state index in [4.69, 9.17) is 11.6 Å². The molecule has 0 saturated heterocycles. The van der Waals surface area contributed by atoms with Crippen LogP contribution in [0.25, 0.3) is 10.2 Å². The fourth-order valence-electron chi connectivity index (χ4n) is 1.83. The Labute approximate surface area is 139 Å². The van der Waals surface area contributed by atoms with Crippen LogP contribution in [0.5, 0.6) is 0 Å². The van der Waals surface area contributed by atoms with Crippen molar-refractivity contribution in [3.8, 4) is 0 Å². The summed E-state index contributed by atoms with van der Waals surface area (Å²) in [6.07, 6.45) is 1.35. The number of hydrogen-bond donors (Lipinski definition) is 0. The Bertz CT molecular complexity index is 875. The fraction of sp³-hybridized carbons (Fsp3) is 0. The molecule has 0 atom stereocenters. The second-order valence-electron chi connectivity index (χ2n) is 4.36. The summed E-state index contributed by atoms with van der Waals surface area (Å²) in [7, 11) is 0. The fourth-order valence-corrected chi connectivity index (χ4v) is 3.77. The molecule has 22 heavy (non-hydrogen) atoms. The van der Waals surface area contributed by atoms with E-state index in [0.29, 0.717) is 5.02 Å². The summed E-state index contributed by atoms with van der Waals surface area (Å²) in [5.74, 6) is -0.883. The summed E-state index contributed by atoms with van der Waals surface area (Å²) in [6, 6.07) is 11.4. The number of rotatable bonds is 4. The summed E-state index contributed by atoms with van der Waals surface area (Å²) in [5, 5.41) is 2.26. The summed E-state index contributed by atoms with van der Waals surface area (Å²) in [4.78, 5) is 16.3. The molecule has 2 nitrogen and oxygen atoms in total. The number of fused-ring (bicyclic) bond motifs is 1. The molecule has 0 aliphatic heterocycles. The highest BCUT2D eigenvalue weighted by Crippen LogP contribution is 2.31. The number of benzene rings is 2. The highest BCUT2D eigenvalue weighted by molar-refractivity contribution is 8.03. The molecule has 0 fully saturated rings. The normalized spacial score (nSPS) is 11.4. The molecule has 0 bridgehead atoms. The molecule has 0 N–H and O–H groups in total. The number of nitrogens with zero attached hydrogens (tertiary/aromatic N) is 1. The van der Waals surface area contributed by atoms with Crippen molar-refractivity contribution in [3.05, 3.63) is 70.4 Å². The van der Waals surface area contributed by atoms with Gasteiger partial charge in [0.1, 0.15) is 5.82 Å². The molecule has 6 heteroatoms. The molecule has 2 aromatic carbocycles. The van der Waals surface area contributed by atoms with Gasteiger partial charge in [-0.25, -0.2) is 9.37 Å². The minimum atomic E-state index is -0.517. The zero-order valence-electron chi connectivity index (χ0n) is 11.1. The molecule has 1 heterocycles. The molecule has 3 rings (SSSR count). The molecule has 0 radical (unpaired) electrons. The minimum absolute atomic E-state index is 0.0652. The molecule has 0 amide bonds. The summed E-state index contributed by atoms with van der Waals surface area (Å²) >= 11 is 8.75. The highest BCUT2D eigenvalue weighted by atomic mass is 35.5. The maximum absolute atomic E-state index is 13.5. The van der Waals surface area contributed by atoms with Crippen molar-refractivity contribution in [3.63, 3.8) is 0 Å². The number of aromatic nitrogens is 1. The molecular formula is C16H9ClFNOS2. The SMILES string of the molecule is O=C(/C=C/Sc1nc2cc(Cl)ccc2s1)c1ccccc1F. The van der Waals surface area contributed by atoms with Crippen molar-refractivity contribution in [1.29, 1.82) is 0 Å². The largest absolute Gasteiger partial charge is 0.289 e. The van der Waals surface area contributed by atoms with E-state index in [1.165, 1.54) is 41.3 Å². The number of hydrogen-bond acceptors (Lipinski definition) is 4. The first-order valence-electron chi connectivity index (χ1n) is 6.31. The predicted molar refractivity (Wildman–Crippen MR) is 90.4 cm³/mol. The third-order valence-corrected chi connectivity index (χ3v) is 5.03. The van der Waals surface area contributed by atoms with Crippen LogP contribution in [0.15, 0.2) is 58.3 Å². The van der Waals surface area contributed by atoms with Gasteiger partial charge in [0.25, 0.3) is 0 Å². The number of halogens is 2. The molecule has 3 aromatic rings. The van der Waals surface area contributed by atoms with Crippen LogP contribution in [-0.2, 0) is 0 Å². The van der Waals surface area contributed by atoms with Gasteiger partial charge < -0.3 is 0 Å². The van der Waals surface area contributed by atoms with Gasteiger partial charge >= 0.3 is 0 Å². The summed E-state index contributed by atoms with van der Waals surface area (Å²) in [5.41, 5.74) is 0.893. The van der Waals surface area contributed by atoms with Crippen LogP contribution in [0.1, 0.15) is 10.4 Å². The Hall–Kier alpha value is -1.69. The van der Waals surface area contributed by atoms with Gasteiger partial charge in [-0.3, -0.25) is 4.79 Å². The number of ketones is 1. The zero-order chi connectivity index (χ0) is 15.5. The van der Waals surface area contributed by atoms with Crippen LogP contribution in [0.2, 0.25) is 5.02 Å². The number of carbonyl (C=O) groups is 1. The average molecular weight is 350 g/mol. The van der Waals surface area contributed by atoms with Crippen molar-refractivity contribution >= 4 is 50.7 Å². The monoisotopic (exact) mass is 349 g/mol. The second kappa shape index (κ2) is 6.60. The van der Waals surface area contributed by atoms with E-state index >= 15 is 0 Å². The lowest BCUT2D eigenvalue weighted by atomic mass is 10.1. The third kappa shape index (κ3) is 3.38. The van der Waals surface area contributed by atoms with Crippen molar-refractivity contribution in [2.75, 3.05) is 0 Å². The van der Waals surface area contributed by atoms with E-state index in [-0.39, 0.29) is 11.3 Å². The lowest BCUT2D eigenvalue weighted by molar-refractivity contribution is 0.104. The molecular weight excluding hydrogens is 341 g/mol. The standard InChI is InChI=1S/C16H9ClFNOS2/c17-10-5-6-15-13(9-10)19-16(22-15)21-8-7-14(20)11-3-1-2-4-12(11)18/h1-9H/b8-7+. The first-order valence-corrected chi connectivity index (χ1v) is 8.39. The van der Waals surface area contributed by atoms with Crippen molar-refractivity contribution in [2.45, 2.75) is 4.34 Å². The Balaban J connectivity index is 1.73. The van der Waals surface area contributed by atoms with Gasteiger partial charge in [0.05, 0.1) is 15.8 Å². The number of allylic oxidation sites excluding steroid dienone is 1. The van der Waals surface area contributed by atoms with Crippen LogP contribution in [0.3, 0.4) is 0 Å². The first-order chi connectivity index (χ1) is 10.6. The molecule has 110 valence electrons. The molecule has 0 saturated carbocycles. The van der Waals surface area contributed by atoms with Gasteiger partial charge in [0, 0.05) is 5.02 Å². The van der Waals surface area contributed by atoms with E-state index in [1.54, 1.807) is 23.6 Å². The van der Waals surface area contributed by atoms with Gasteiger partial charge in [0.15, 0.2) is 10.1 Å². The minimum Gasteiger partial charge on any atom is -0.289 e. The predicted octanol–water partition coefficient (Wildman–Crippen LogP) is 5.58. The Kier molecular flexibility index (Phi) is 4.57. The van der Waals surface area contributed by atoms with E-state index in [2.05, 4.69) is 4.98 Å².